The molecule has 0 aromatic carbocycles. The molecule has 90 valence electrons. The largest absolute Gasteiger partial charge is 0.309 e. The molecule has 2 rings (SSSR count). The van der Waals surface area contributed by atoms with Crippen LogP contribution in [0.15, 0.2) is 0 Å². The Hall–Kier alpha value is -0.0600. The van der Waals surface area contributed by atoms with Gasteiger partial charge in [-0.2, -0.15) is 11.8 Å². The molecule has 0 atom stereocenters. The van der Waals surface area contributed by atoms with E-state index in [0.29, 0.717) is 5.92 Å². The van der Waals surface area contributed by atoms with Crippen LogP contribution in [-0.4, -0.2) is 17.3 Å². The van der Waals surface area contributed by atoms with E-state index >= 15 is 0 Å². The van der Waals surface area contributed by atoms with Gasteiger partial charge in [0, 0.05) is 23.2 Å². The van der Waals surface area contributed by atoms with Crippen molar-refractivity contribution >= 4 is 23.1 Å². The van der Waals surface area contributed by atoms with Gasteiger partial charge >= 0.3 is 0 Å². The van der Waals surface area contributed by atoms with Gasteiger partial charge in [-0.1, -0.05) is 13.8 Å². The van der Waals surface area contributed by atoms with Crippen molar-refractivity contribution < 1.29 is 0 Å². The Bertz CT molecular complexity index is 343. The number of thiazole rings is 1. The zero-order valence-corrected chi connectivity index (χ0v) is 11.9. The standard InChI is InChI=1S/C12H20N2S2/c1-8(2)12-10(6-13-9-4-5-9)16-11(14-12)7-15-3/h8-9,13H,4-7H2,1-3H3. The monoisotopic (exact) mass is 256 g/mol. The normalized spacial score (nSPS) is 16.0. The van der Waals surface area contributed by atoms with Crippen LogP contribution in [0.5, 0.6) is 0 Å². The molecule has 4 heteroatoms. The molecule has 0 unspecified atom stereocenters. The van der Waals surface area contributed by atoms with Crippen molar-refractivity contribution in [1.29, 1.82) is 0 Å². The summed E-state index contributed by atoms with van der Waals surface area (Å²) in [7, 11) is 0. The van der Waals surface area contributed by atoms with Crippen LogP contribution in [-0.2, 0) is 12.3 Å². The highest BCUT2D eigenvalue weighted by Gasteiger charge is 2.22. The quantitative estimate of drug-likeness (QED) is 0.844. The summed E-state index contributed by atoms with van der Waals surface area (Å²) in [6.07, 6.45) is 4.85. The van der Waals surface area contributed by atoms with Gasteiger partial charge in [-0.3, -0.25) is 0 Å². The van der Waals surface area contributed by atoms with Crippen molar-refractivity contribution in [1.82, 2.24) is 10.3 Å². The number of rotatable bonds is 6. The van der Waals surface area contributed by atoms with Gasteiger partial charge in [0.25, 0.3) is 0 Å². The minimum absolute atomic E-state index is 0.544. The summed E-state index contributed by atoms with van der Waals surface area (Å²) in [5.41, 5.74) is 1.31. The van der Waals surface area contributed by atoms with Crippen molar-refractivity contribution in [3.8, 4) is 0 Å². The third-order valence-electron chi connectivity index (χ3n) is 2.72. The van der Waals surface area contributed by atoms with E-state index < -0.39 is 0 Å². The van der Waals surface area contributed by atoms with Crippen molar-refractivity contribution in [2.45, 2.75) is 50.9 Å². The molecule has 1 heterocycles. The maximum Gasteiger partial charge on any atom is 0.103 e. The molecule has 1 aliphatic carbocycles. The number of nitrogens with zero attached hydrogens (tertiary/aromatic N) is 1. The number of thioether (sulfide) groups is 1. The minimum atomic E-state index is 0.544. The summed E-state index contributed by atoms with van der Waals surface area (Å²) < 4.78 is 0. The van der Waals surface area contributed by atoms with Gasteiger partial charge in [-0.25, -0.2) is 4.98 Å². The smallest absolute Gasteiger partial charge is 0.103 e. The third kappa shape index (κ3) is 3.22. The van der Waals surface area contributed by atoms with Crippen molar-refractivity contribution in [2.75, 3.05) is 6.26 Å². The molecule has 1 aliphatic rings. The van der Waals surface area contributed by atoms with Crippen LogP contribution in [0, 0.1) is 0 Å². The van der Waals surface area contributed by atoms with E-state index in [1.165, 1.54) is 28.4 Å². The highest BCUT2D eigenvalue weighted by Crippen LogP contribution is 2.28. The van der Waals surface area contributed by atoms with Crippen LogP contribution < -0.4 is 5.32 Å². The Morgan fingerprint density at radius 3 is 2.81 bits per heavy atom. The van der Waals surface area contributed by atoms with Gasteiger partial charge in [0.05, 0.1) is 5.69 Å². The number of hydrogen-bond acceptors (Lipinski definition) is 4. The maximum absolute atomic E-state index is 4.76. The van der Waals surface area contributed by atoms with E-state index in [1.54, 1.807) is 0 Å². The van der Waals surface area contributed by atoms with E-state index in [4.69, 9.17) is 4.98 Å². The number of nitrogens with one attached hydrogen (secondary N) is 1. The molecule has 1 fully saturated rings. The summed E-state index contributed by atoms with van der Waals surface area (Å²) in [4.78, 5) is 6.21. The molecule has 0 aliphatic heterocycles. The Morgan fingerprint density at radius 2 is 2.25 bits per heavy atom. The lowest BCUT2D eigenvalue weighted by Crippen LogP contribution is -2.15. The van der Waals surface area contributed by atoms with Crippen LogP contribution >= 0.6 is 23.1 Å². The number of hydrogen-bond donors (Lipinski definition) is 1. The first-order valence-corrected chi connectivity index (χ1v) is 8.12. The van der Waals surface area contributed by atoms with Crippen molar-refractivity contribution in [2.24, 2.45) is 0 Å². The van der Waals surface area contributed by atoms with E-state index in [2.05, 4.69) is 25.4 Å². The first-order chi connectivity index (χ1) is 7.70. The van der Waals surface area contributed by atoms with Gasteiger partial charge in [-0.05, 0) is 25.0 Å². The predicted octanol–water partition coefficient (Wildman–Crippen LogP) is 3.38. The van der Waals surface area contributed by atoms with Crippen molar-refractivity contribution in [3.63, 3.8) is 0 Å². The Labute approximate surface area is 106 Å². The van der Waals surface area contributed by atoms with E-state index in [9.17, 15) is 0 Å². The molecule has 16 heavy (non-hydrogen) atoms. The van der Waals surface area contributed by atoms with E-state index in [0.717, 1.165) is 18.3 Å². The fourth-order valence-corrected chi connectivity index (χ4v) is 3.57. The number of aromatic nitrogens is 1. The Balaban J connectivity index is 2.05. The lowest BCUT2D eigenvalue weighted by Gasteiger charge is -2.05. The second kappa shape index (κ2) is 5.52. The highest BCUT2D eigenvalue weighted by atomic mass is 32.2. The van der Waals surface area contributed by atoms with Crippen LogP contribution in [0.1, 0.15) is 48.2 Å². The van der Waals surface area contributed by atoms with Gasteiger partial charge in [-0.15, -0.1) is 11.3 Å². The SMILES string of the molecule is CSCc1nc(C(C)C)c(CNC2CC2)s1. The highest BCUT2D eigenvalue weighted by molar-refractivity contribution is 7.97. The molecule has 2 nitrogen and oxygen atoms in total. The summed E-state index contributed by atoms with van der Waals surface area (Å²) in [6.45, 7) is 5.49. The first kappa shape index (κ1) is 12.4. The molecule has 0 amide bonds. The summed E-state index contributed by atoms with van der Waals surface area (Å²) in [6, 6.07) is 0.783. The van der Waals surface area contributed by atoms with Crippen LogP contribution in [0.25, 0.3) is 0 Å². The molecule has 1 saturated carbocycles. The van der Waals surface area contributed by atoms with Crippen LogP contribution in [0.2, 0.25) is 0 Å². The van der Waals surface area contributed by atoms with E-state index in [-0.39, 0.29) is 0 Å². The molecular weight excluding hydrogens is 236 g/mol. The lowest BCUT2D eigenvalue weighted by atomic mass is 10.1. The molecule has 1 N–H and O–H groups in total. The maximum atomic E-state index is 4.76. The Kier molecular flexibility index (Phi) is 4.27. The second-order valence-electron chi connectivity index (χ2n) is 4.66. The average Bonchev–Trinajstić information content (AvgIpc) is 2.97. The molecular formula is C12H20N2S2. The second-order valence-corrected chi connectivity index (χ2v) is 6.69. The molecule has 1 aromatic rings. The summed E-state index contributed by atoms with van der Waals surface area (Å²) >= 11 is 3.74. The van der Waals surface area contributed by atoms with Gasteiger partial charge in [0.2, 0.25) is 0 Å². The summed E-state index contributed by atoms with van der Waals surface area (Å²) in [5, 5.41) is 4.87. The first-order valence-electron chi connectivity index (χ1n) is 5.91. The third-order valence-corrected chi connectivity index (χ3v) is 4.53. The zero-order chi connectivity index (χ0) is 11.5. The van der Waals surface area contributed by atoms with E-state index in [1.807, 2.05) is 23.1 Å². The fraction of sp³-hybridized carbons (Fsp3) is 0.750. The fourth-order valence-electron chi connectivity index (χ4n) is 1.70. The molecule has 0 radical (unpaired) electrons. The molecule has 1 aromatic heterocycles. The van der Waals surface area contributed by atoms with Gasteiger partial charge in [0.15, 0.2) is 0 Å². The van der Waals surface area contributed by atoms with Crippen LogP contribution in [0.4, 0.5) is 0 Å². The molecule has 0 bridgehead atoms. The van der Waals surface area contributed by atoms with Gasteiger partial charge in [0.1, 0.15) is 5.01 Å². The van der Waals surface area contributed by atoms with Gasteiger partial charge < -0.3 is 5.32 Å². The topological polar surface area (TPSA) is 24.9 Å². The average molecular weight is 256 g/mol. The van der Waals surface area contributed by atoms with Crippen molar-refractivity contribution in [3.05, 3.63) is 15.6 Å². The lowest BCUT2D eigenvalue weighted by molar-refractivity contribution is 0.680. The Morgan fingerprint density at radius 1 is 1.50 bits per heavy atom. The van der Waals surface area contributed by atoms with Crippen LogP contribution in [0.3, 0.4) is 0 Å². The molecule has 0 spiro atoms. The predicted molar refractivity (Wildman–Crippen MR) is 73.3 cm³/mol. The summed E-state index contributed by atoms with van der Waals surface area (Å²) in [5.74, 6) is 1.59. The molecule has 0 saturated heterocycles. The zero-order valence-electron chi connectivity index (χ0n) is 10.2. The minimum Gasteiger partial charge on any atom is -0.309 e.